The first-order valence-electron chi connectivity index (χ1n) is 17.7. The van der Waals surface area contributed by atoms with Gasteiger partial charge in [-0.3, -0.25) is 19.8 Å². The molecule has 2 saturated heterocycles. The smallest absolute Gasteiger partial charge is 0.255 e. The number of hydrogen-bond donors (Lipinski definition) is 3. The Morgan fingerprint density at radius 2 is 1.60 bits per heavy atom. The zero-order chi connectivity index (χ0) is 28.8. The van der Waals surface area contributed by atoms with Gasteiger partial charge in [-0.15, -0.1) is 0 Å². The summed E-state index contributed by atoms with van der Waals surface area (Å²) in [5, 5.41) is 9.61. The van der Waals surface area contributed by atoms with Gasteiger partial charge >= 0.3 is 0 Å². The van der Waals surface area contributed by atoms with Crippen molar-refractivity contribution in [2.45, 2.75) is 165 Å². The van der Waals surface area contributed by atoms with Crippen molar-refractivity contribution in [3.63, 3.8) is 0 Å². The Kier molecular flexibility index (Phi) is 10.5. The summed E-state index contributed by atoms with van der Waals surface area (Å²) in [7, 11) is 0. The molecule has 4 fully saturated rings. The number of carbonyl (C=O) groups is 1. The minimum atomic E-state index is -0.732. The Morgan fingerprint density at radius 3 is 2.24 bits per heavy atom. The molecule has 2 aliphatic heterocycles. The number of amides is 1. The van der Waals surface area contributed by atoms with Crippen molar-refractivity contribution in [3.8, 4) is 0 Å². The Balaban J connectivity index is 1.16. The van der Waals surface area contributed by atoms with Crippen LogP contribution in [0.2, 0.25) is 0 Å². The second-order valence-electron chi connectivity index (χ2n) is 13.8. The molecule has 0 spiro atoms. The van der Waals surface area contributed by atoms with Gasteiger partial charge in [-0.2, -0.15) is 5.06 Å². The normalized spacial score (nSPS) is 32.7. The van der Waals surface area contributed by atoms with Gasteiger partial charge in [-0.1, -0.05) is 102 Å². The molecule has 1 amide bonds. The molecule has 2 saturated carbocycles. The highest BCUT2D eigenvalue weighted by Crippen LogP contribution is 2.41. The topological polar surface area (TPSA) is 74.9 Å². The van der Waals surface area contributed by atoms with E-state index in [1.54, 1.807) is 0 Å². The zero-order valence-electron chi connectivity index (χ0n) is 26.1. The molecule has 2 heterocycles. The van der Waals surface area contributed by atoms with E-state index >= 15 is 0 Å². The van der Waals surface area contributed by atoms with Crippen LogP contribution in [0.15, 0.2) is 18.2 Å². The minimum Gasteiger partial charge on any atom is -0.347 e. The maximum Gasteiger partial charge on any atom is 0.255 e. The first kappa shape index (κ1) is 30.5. The first-order valence-corrected chi connectivity index (χ1v) is 17.7. The van der Waals surface area contributed by atoms with Crippen molar-refractivity contribution in [1.29, 1.82) is 0 Å². The van der Waals surface area contributed by atoms with Gasteiger partial charge < -0.3 is 5.32 Å². The Hall–Kier alpha value is -1.51. The highest BCUT2D eigenvalue weighted by Gasteiger charge is 2.50. The lowest BCUT2D eigenvalue weighted by Gasteiger charge is -2.35. The molecular formula is C35H56N4O3. The Morgan fingerprint density at radius 1 is 0.929 bits per heavy atom. The molecule has 7 heteroatoms. The van der Waals surface area contributed by atoms with Gasteiger partial charge in [-0.25, -0.2) is 5.48 Å². The fourth-order valence-corrected chi connectivity index (χ4v) is 8.52. The van der Waals surface area contributed by atoms with Gasteiger partial charge in [0.1, 0.15) is 12.4 Å². The Bertz CT molecular complexity index is 1010. The molecule has 4 atom stereocenters. The molecule has 0 aromatic heterocycles. The summed E-state index contributed by atoms with van der Waals surface area (Å²) in [6, 6.07) is 7.48. The van der Waals surface area contributed by atoms with Crippen LogP contribution in [0.5, 0.6) is 0 Å². The van der Waals surface area contributed by atoms with Crippen LogP contribution in [-0.4, -0.2) is 35.4 Å². The van der Waals surface area contributed by atoms with Crippen LogP contribution >= 0.6 is 0 Å². The summed E-state index contributed by atoms with van der Waals surface area (Å²) in [6.45, 7) is 2.95. The molecule has 0 bridgehead atoms. The van der Waals surface area contributed by atoms with Crippen molar-refractivity contribution in [2.24, 2.45) is 5.92 Å². The number of rotatable bonds is 6. The van der Waals surface area contributed by atoms with Gasteiger partial charge in [0, 0.05) is 19.0 Å². The van der Waals surface area contributed by atoms with E-state index < -0.39 is 5.60 Å². The fraction of sp³-hybridized carbons (Fsp3) is 0.800. The van der Waals surface area contributed by atoms with Gasteiger partial charge in [0.2, 0.25) is 0 Å². The van der Waals surface area contributed by atoms with Crippen molar-refractivity contribution >= 4 is 5.91 Å². The van der Waals surface area contributed by atoms with Crippen LogP contribution in [0, 0.1) is 5.92 Å². The summed E-state index contributed by atoms with van der Waals surface area (Å²) < 4.78 is 0. The largest absolute Gasteiger partial charge is 0.347 e. The third-order valence-corrected chi connectivity index (χ3v) is 11.0. The maximum absolute atomic E-state index is 14.0. The summed E-state index contributed by atoms with van der Waals surface area (Å²) in [4.78, 5) is 26.8. The monoisotopic (exact) mass is 580 g/mol. The minimum absolute atomic E-state index is 0.0561. The molecule has 5 aliphatic rings. The van der Waals surface area contributed by atoms with E-state index in [-0.39, 0.29) is 30.3 Å². The third-order valence-electron chi connectivity index (χ3n) is 11.0. The van der Waals surface area contributed by atoms with Gasteiger partial charge in [0.05, 0.1) is 6.04 Å². The van der Waals surface area contributed by atoms with Crippen LogP contribution in [0.1, 0.15) is 158 Å². The summed E-state index contributed by atoms with van der Waals surface area (Å²) in [5.74, 6) is 0.388. The quantitative estimate of drug-likeness (QED) is 0.328. The lowest BCUT2D eigenvalue weighted by molar-refractivity contribution is -0.194. The SMILES string of the molecule is CCC1NC(c2ccc3c(c2)CC[C@H]3NC(=O)C2(C3CCCCCCCC3)CCNO2)N(C2CCCCCCCC2)O1. The molecule has 0 radical (unpaired) electrons. The highest BCUT2D eigenvalue weighted by atomic mass is 16.7. The predicted molar refractivity (Wildman–Crippen MR) is 166 cm³/mol. The summed E-state index contributed by atoms with van der Waals surface area (Å²) >= 11 is 0. The number of benzene rings is 1. The van der Waals surface area contributed by atoms with Crippen molar-refractivity contribution in [1.82, 2.24) is 21.2 Å². The lowest BCUT2D eigenvalue weighted by Crippen LogP contribution is -2.53. The highest BCUT2D eigenvalue weighted by molar-refractivity contribution is 5.86. The molecule has 3 aliphatic carbocycles. The number of hydrogen-bond acceptors (Lipinski definition) is 6. The van der Waals surface area contributed by atoms with E-state index in [2.05, 4.69) is 46.3 Å². The average molecular weight is 581 g/mol. The van der Waals surface area contributed by atoms with Crippen molar-refractivity contribution in [2.75, 3.05) is 6.54 Å². The lowest BCUT2D eigenvalue weighted by atomic mass is 9.78. The van der Waals surface area contributed by atoms with Crippen LogP contribution in [0.4, 0.5) is 0 Å². The molecule has 3 N–H and O–H groups in total. The zero-order valence-corrected chi connectivity index (χ0v) is 26.1. The van der Waals surface area contributed by atoms with E-state index in [4.69, 9.17) is 9.68 Å². The molecule has 1 aromatic rings. The molecule has 6 rings (SSSR count). The summed E-state index contributed by atoms with van der Waals surface area (Å²) in [5.41, 5.74) is 6.30. The summed E-state index contributed by atoms with van der Waals surface area (Å²) in [6.07, 6.45) is 24.1. The van der Waals surface area contributed by atoms with E-state index in [0.29, 0.717) is 6.04 Å². The van der Waals surface area contributed by atoms with Crippen molar-refractivity contribution in [3.05, 3.63) is 34.9 Å². The standard InChI is InChI=1S/C35H56N4O3/c1-2-32-38-33(39(41-32)29-17-13-9-5-6-10-14-18-29)27-19-21-30-26(25-27)20-22-31(30)37-34(40)35(23-24-36-42-35)28-15-11-7-3-4-8-12-16-28/h19,21,25,28-29,31-33,36,38H,2-18,20,22-24H2,1H3,(H,37,40)/t31-,32?,33?,35?/m1/s1. The average Bonchev–Trinajstić information content (AvgIpc) is 3.78. The number of nitrogens with zero attached hydrogens (tertiary/aromatic N) is 1. The van der Waals surface area contributed by atoms with Crippen LogP contribution in [0.3, 0.4) is 0 Å². The number of carbonyl (C=O) groups excluding carboxylic acids is 1. The van der Waals surface area contributed by atoms with E-state index in [0.717, 1.165) is 45.1 Å². The molecular weight excluding hydrogens is 524 g/mol. The molecule has 234 valence electrons. The van der Waals surface area contributed by atoms with E-state index in [1.807, 2.05) is 0 Å². The molecule has 1 aromatic carbocycles. The molecule has 7 nitrogen and oxygen atoms in total. The van der Waals surface area contributed by atoms with Crippen LogP contribution in [0.25, 0.3) is 0 Å². The maximum atomic E-state index is 14.0. The van der Waals surface area contributed by atoms with E-state index in [9.17, 15) is 4.79 Å². The Labute approximate surface area is 254 Å². The van der Waals surface area contributed by atoms with Gasteiger partial charge in [-0.05, 0) is 67.6 Å². The predicted octanol–water partition coefficient (Wildman–Crippen LogP) is 7.28. The number of hydroxylamine groups is 3. The third kappa shape index (κ3) is 6.76. The molecule has 3 unspecified atom stereocenters. The van der Waals surface area contributed by atoms with Crippen LogP contribution in [-0.2, 0) is 20.9 Å². The van der Waals surface area contributed by atoms with E-state index in [1.165, 1.54) is 107 Å². The van der Waals surface area contributed by atoms with Crippen molar-refractivity contribution < 1.29 is 14.5 Å². The first-order chi connectivity index (χ1) is 20.7. The number of fused-ring (bicyclic) bond motifs is 1. The number of aryl methyl sites for hydroxylation is 1. The molecule has 42 heavy (non-hydrogen) atoms. The fourth-order valence-electron chi connectivity index (χ4n) is 8.52. The second-order valence-corrected chi connectivity index (χ2v) is 13.8. The van der Waals surface area contributed by atoms with Gasteiger partial charge in [0.15, 0.2) is 5.60 Å². The van der Waals surface area contributed by atoms with Gasteiger partial charge in [0.25, 0.3) is 5.91 Å². The second kappa shape index (κ2) is 14.5. The van der Waals surface area contributed by atoms with Crippen LogP contribution < -0.4 is 16.1 Å². The number of nitrogens with one attached hydrogen (secondary N) is 3.